The van der Waals surface area contributed by atoms with Crippen molar-refractivity contribution in [2.24, 2.45) is 0 Å². The number of ether oxygens (including phenoxy) is 1. The van der Waals surface area contributed by atoms with E-state index in [2.05, 4.69) is 4.72 Å². The Kier molecular flexibility index (Phi) is 4.77. The van der Waals surface area contributed by atoms with Gasteiger partial charge in [-0.25, -0.2) is 12.8 Å². The maximum Gasteiger partial charge on any atom is 0.261 e. The lowest BCUT2D eigenvalue weighted by molar-refractivity contribution is 0.340. The Morgan fingerprint density at radius 3 is 2.50 bits per heavy atom. The van der Waals surface area contributed by atoms with Crippen LogP contribution in [0.4, 0.5) is 10.1 Å². The first kappa shape index (κ1) is 16.4. The second-order valence-corrected chi connectivity index (χ2v) is 6.38. The van der Waals surface area contributed by atoms with E-state index in [0.29, 0.717) is 12.4 Å². The molecule has 0 spiro atoms. The molecule has 0 aliphatic rings. The number of nitrogens with one attached hydrogen (secondary N) is 1. The number of rotatable bonds is 5. The molecule has 0 atom stereocenters. The molecule has 2 N–H and O–H groups in total. The van der Waals surface area contributed by atoms with Crippen molar-refractivity contribution in [1.82, 2.24) is 0 Å². The van der Waals surface area contributed by atoms with Crippen molar-refractivity contribution in [3.63, 3.8) is 0 Å². The topological polar surface area (TPSA) is 75.6 Å². The molecule has 118 valence electrons. The molecule has 0 aliphatic carbocycles. The molecule has 0 heterocycles. The summed E-state index contributed by atoms with van der Waals surface area (Å²) in [6, 6.07) is 7.41. The highest BCUT2D eigenvalue weighted by Gasteiger charge is 2.18. The average molecular weight is 346 g/mol. The predicted octanol–water partition coefficient (Wildman–Crippen LogP) is 3.38. The van der Waals surface area contributed by atoms with Gasteiger partial charge in [0, 0.05) is 6.07 Å². The molecule has 5 nitrogen and oxygen atoms in total. The van der Waals surface area contributed by atoms with Gasteiger partial charge in [0.15, 0.2) is 5.82 Å². The summed E-state index contributed by atoms with van der Waals surface area (Å²) in [4.78, 5) is -0.0560. The maximum absolute atomic E-state index is 13.7. The van der Waals surface area contributed by atoms with E-state index in [-0.39, 0.29) is 15.6 Å². The molecule has 0 aromatic heterocycles. The molecule has 0 saturated carbocycles. The van der Waals surface area contributed by atoms with Gasteiger partial charge < -0.3 is 9.84 Å². The Morgan fingerprint density at radius 2 is 1.91 bits per heavy atom. The Labute approximate surface area is 132 Å². The Morgan fingerprint density at radius 1 is 1.27 bits per heavy atom. The minimum Gasteiger partial charge on any atom is -0.506 e. The zero-order valence-electron chi connectivity index (χ0n) is 11.5. The Hall–Kier alpha value is -1.99. The lowest BCUT2D eigenvalue weighted by Crippen LogP contribution is -2.14. The van der Waals surface area contributed by atoms with Gasteiger partial charge in [0.25, 0.3) is 10.0 Å². The highest BCUT2D eigenvalue weighted by molar-refractivity contribution is 7.92. The van der Waals surface area contributed by atoms with E-state index in [1.54, 1.807) is 0 Å². The van der Waals surface area contributed by atoms with E-state index in [4.69, 9.17) is 16.3 Å². The molecule has 0 saturated heterocycles. The monoisotopic (exact) mass is 345 g/mol. The van der Waals surface area contributed by atoms with E-state index in [1.807, 2.05) is 6.92 Å². The van der Waals surface area contributed by atoms with Crippen LogP contribution in [0.25, 0.3) is 0 Å². The second kappa shape index (κ2) is 6.41. The van der Waals surface area contributed by atoms with Gasteiger partial charge in [0.2, 0.25) is 0 Å². The van der Waals surface area contributed by atoms with Crippen molar-refractivity contribution in [2.75, 3.05) is 11.3 Å². The molecular formula is C14H13ClFNO4S. The van der Waals surface area contributed by atoms with Gasteiger partial charge in [-0.2, -0.15) is 0 Å². The van der Waals surface area contributed by atoms with Gasteiger partial charge in [0.05, 0.1) is 22.2 Å². The lowest BCUT2D eigenvalue weighted by atomic mass is 10.3. The van der Waals surface area contributed by atoms with E-state index in [0.717, 1.165) is 12.1 Å². The molecule has 2 aromatic carbocycles. The van der Waals surface area contributed by atoms with Crippen LogP contribution in [-0.2, 0) is 10.0 Å². The van der Waals surface area contributed by atoms with E-state index >= 15 is 0 Å². The van der Waals surface area contributed by atoms with Gasteiger partial charge in [-0.1, -0.05) is 11.6 Å². The minimum absolute atomic E-state index is 0.0560. The third-order valence-electron chi connectivity index (χ3n) is 2.73. The van der Waals surface area contributed by atoms with Crippen molar-refractivity contribution in [3.8, 4) is 11.5 Å². The van der Waals surface area contributed by atoms with Crippen LogP contribution in [0.15, 0.2) is 41.3 Å². The number of benzene rings is 2. The van der Waals surface area contributed by atoms with Crippen molar-refractivity contribution in [3.05, 3.63) is 47.2 Å². The standard InChI is InChI=1S/C14H13ClFNO4S/c1-2-21-9-3-5-10(6-4-9)22(19,20)17-13-7-11(15)14(18)8-12(13)16/h3-8,17-18H,2H2,1H3. The molecule has 2 rings (SSSR count). The predicted molar refractivity (Wildman–Crippen MR) is 81.5 cm³/mol. The summed E-state index contributed by atoms with van der Waals surface area (Å²) in [6.45, 7) is 2.27. The molecule has 22 heavy (non-hydrogen) atoms. The molecule has 2 aromatic rings. The lowest BCUT2D eigenvalue weighted by Gasteiger charge is -2.10. The number of halogens is 2. The van der Waals surface area contributed by atoms with E-state index in [1.165, 1.54) is 24.3 Å². The normalized spacial score (nSPS) is 11.2. The number of aromatic hydroxyl groups is 1. The quantitative estimate of drug-likeness (QED) is 0.814. The molecule has 0 amide bonds. The zero-order valence-corrected chi connectivity index (χ0v) is 13.1. The SMILES string of the molecule is CCOc1ccc(S(=O)(=O)Nc2cc(Cl)c(O)cc2F)cc1. The Balaban J connectivity index is 2.29. The molecule has 0 radical (unpaired) electrons. The summed E-state index contributed by atoms with van der Waals surface area (Å²) < 4.78 is 45.4. The fourth-order valence-electron chi connectivity index (χ4n) is 1.70. The van der Waals surface area contributed by atoms with E-state index < -0.39 is 21.6 Å². The van der Waals surface area contributed by atoms with Crippen LogP contribution in [0.1, 0.15) is 6.92 Å². The first-order chi connectivity index (χ1) is 10.3. The van der Waals surface area contributed by atoms with E-state index in [9.17, 15) is 17.9 Å². The fourth-order valence-corrected chi connectivity index (χ4v) is 2.92. The number of phenols is 1. The van der Waals surface area contributed by atoms with Crippen LogP contribution in [-0.4, -0.2) is 20.1 Å². The number of sulfonamides is 1. The molecule has 0 bridgehead atoms. The van der Waals surface area contributed by atoms with Crippen molar-refractivity contribution in [2.45, 2.75) is 11.8 Å². The number of phenolic OH excluding ortho intramolecular Hbond substituents is 1. The summed E-state index contributed by atoms with van der Waals surface area (Å²) in [5.74, 6) is -0.875. The summed E-state index contributed by atoms with van der Waals surface area (Å²) in [6.07, 6.45) is 0. The number of hydrogen-bond donors (Lipinski definition) is 2. The van der Waals surface area contributed by atoms with Crippen LogP contribution in [0.3, 0.4) is 0 Å². The molecular weight excluding hydrogens is 333 g/mol. The molecule has 0 aliphatic heterocycles. The molecule has 8 heteroatoms. The van der Waals surface area contributed by atoms with Crippen molar-refractivity contribution in [1.29, 1.82) is 0 Å². The van der Waals surface area contributed by atoms with Crippen molar-refractivity contribution < 1.29 is 22.7 Å². The highest BCUT2D eigenvalue weighted by Crippen LogP contribution is 2.30. The van der Waals surface area contributed by atoms with Crippen LogP contribution in [0.2, 0.25) is 5.02 Å². The molecule has 0 unspecified atom stereocenters. The van der Waals surface area contributed by atoms with Crippen LogP contribution >= 0.6 is 11.6 Å². The smallest absolute Gasteiger partial charge is 0.261 e. The summed E-state index contributed by atoms with van der Waals surface area (Å²) in [5, 5.41) is 9.10. The fraction of sp³-hybridized carbons (Fsp3) is 0.143. The third-order valence-corrected chi connectivity index (χ3v) is 4.41. The van der Waals surface area contributed by atoms with Gasteiger partial charge in [-0.3, -0.25) is 4.72 Å². The zero-order chi connectivity index (χ0) is 16.3. The number of hydrogen-bond acceptors (Lipinski definition) is 4. The largest absolute Gasteiger partial charge is 0.506 e. The average Bonchev–Trinajstić information content (AvgIpc) is 2.45. The first-order valence-electron chi connectivity index (χ1n) is 6.27. The summed E-state index contributed by atoms with van der Waals surface area (Å²) in [7, 11) is -3.98. The first-order valence-corrected chi connectivity index (χ1v) is 8.13. The van der Waals surface area contributed by atoms with Crippen LogP contribution in [0.5, 0.6) is 11.5 Å². The van der Waals surface area contributed by atoms with Gasteiger partial charge in [-0.05, 0) is 37.3 Å². The Bertz CT molecular complexity index is 778. The van der Waals surface area contributed by atoms with Crippen molar-refractivity contribution >= 4 is 27.3 Å². The van der Waals surface area contributed by atoms with Crippen LogP contribution < -0.4 is 9.46 Å². The number of anilines is 1. The van der Waals surface area contributed by atoms with Gasteiger partial charge in [-0.15, -0.1) is 0 Å². The molecule has 0 fully saturated rings. The highest BCUT2D eigenvalue weighted by atomic mass is 35.5. The maximum atomic E-state index is 13.7. The minimum atomic E-state index is -3.98. The summed E-state index contributed by atoms with van der Waals surface area (Å²) >= 11 is 5.65. The second-order valence-electron chi connectivity index (χ2n) is 4.29. The summed E-state index contributed by atoms with van der Waals surface area (Å²) in [5.41, 5.74) is -0.350. The van der Waals surface area contributed by atoms with Crippen LogP contribution in [0, 0.1) is 5.82 Å². The third kappa shape index (κ3) is 3.61. The van der Waals surface area contributed by atoms with Gasteiger partial charge in [0.1, 0.15) is 11.5 Å². The van der Waals surface area contributed by atoms with Gasteiger partial charge >= 0.3 is 0 Å².